The van der Waals surface area contributed by atoms with Crippen LogP contribution in [0.25, 0.3) is 0 Å². The molecule has 1 aromatic carbocycles. The fraction of sp³-hybridized carbons (Fsp3) is 0.294. The summed E-state index contributed by atoms with van der Waals surface area (Å²) < 4.78 is 0. The van der Waals surface area contributed by atoms with E-state index in [1.165, 1.54) is 16.2 Å². The van der Waals surface area contributed by atoms with Gasteiger partial charge in [0.1, 0.15) is 10.8 Å². The van der Waals surface area contributed by atoms with E-state index in [2.05, 4.69) is 10.2 Å². The minimum Gasteiger partial charge on any atom is -0.508 e. The molecule has 0 spiro atoms. The highest BCUT2D eigenvalue weighted by Gasteiger charge is 2.23. The number of nitrogens with zero attached hydrogens (tertiary/aromatic N) is 1. The molecule has 1 aliphatic rings. The first-order chi connectivity index (χ1) is 12.0. The first kappa shape index (κ1) is 17.2. The van der Waals surface area contributed by atoms with Gasteiger partial charge in [0.15, 0.2) is 6.54 Å². The van der Waals surface area contributed by atoms with E-state index in [1.54, 1.807) is 23.6 Å². The fourth-order valence-corrected chi connectivity index (χ4v) is 3.73. The topological polar surface area (TPSA) is 100 Å². The van der Waals surface area contributed by atoms with Gasteiger partial charge in [0.05, 0.1) is 31.7 Å². The van der Waals surface area contributed by atoms with E-state index in [0.29, 0.717) is 17.1 Å². The van der Waals surface area contributed by atoms with Crippen LogP contribution in [-0.4, -0.2) is 49.6 Å². The van der Waals surface area contributed by atoms with Crippen LogP contribution in [0.1, 0.15) is 10.4 Å². The number of quaternary nitrogens is 1. The maximum atomic E-state index is 12.2. The number of aromatic hydroxyl groups is 1. The van der Waals surface area contributed by atoms with Crippen molar-refractivity contribution in [3.8, 4) is 5.75 Å². The Bertz CT molecular complexity index is 752. The normalized spacial score (nSPS) is 15.1. The van der Waals surface area contributed by atoms with E-state index in [9.17, 15) is 14.7 Å². The van der Waals surface area contributed by atoms with Crippen molar-refractivity contribution >= 4 is 33.8 Å². The van der Waals surface area contributed by atoms with Gasteiger partial charge in [-0.3, -0.25) is 9.59 Å². The summed E-state index contributed by atoms with van der Waals surface area (Å²) in [6.07, 6.45) is 0. The molecular formula is C17H21N4O3S+. The number of nitrogens with two attached hydrogens (primary N) is 1. The Morgan fingerprint density at radius 1 is 1.20 bits per heavy atom. The summed E-state index contributed by atoms with van der Waals surface area (Å²) in [7, 11) is 0. The van der Waals surface area contributed by atoms with Crippen LogP contribution in [0.2, 0.25) is 0 Å². The largest absolute Gasteiger partial charge is 0.508 e. The maximum absolute atomic E-state index is 12.2. The van der Waals surface area contributed by atoms with Crippen LogP contribution in [0.5, 0.6) is 5.75 Å². The van der Waals surface area contributed by atoms with Gasteiger partial charge in [0.25, 0.3) is 11.8 Å². The van der Waals surface area contributed by atoms with E-state index in [1.807, 2.05) is 12.1 Å². The highest BCUT2D eigenvalue weighted by molar-refractivity contribution is 7.14. The second-order valence-electron chi connectivity index (χ2n) is 6.01. The molecular weight excluding hydrogens is 340 g/mol. The number of primary amides is 1. The van der Waals surface area contributed by atoms with Gasteiger partial charge in [0, 0.05) is 5.69 Å². The number of carbonyl (C=O) groups is 2. The number of hydrogen-bond donors (Lipinski definition) is 4. The first-order valence-corrected chi connectivity index (χ1v) is 8.95. The Morgan fingerprint density at radius 2 is 1.88 bits per heavy atom. The molecule has 0 atom stereocenters. The number of thiophene rings is 1. The number of piperazine rings is 1. The van der Waals surface area contributed by atoms with Crippen LogP contribution >= 0.6 is 11.3 Å². The van der Waals surface area contributed by atoms with Crippen molar-refractivity contribution in [2.24, 2.45) is 5.73 Å². The van der Waals surface area contributed by atoms with Crippen molar-refractivity contribution in [3.63, 3.8) is 0 Å². The lowest BCUT2D eigenvalue weighted by molar-refractivity contribution is -0.892. The highest BCUT2D eigenvalue weighted by atomic mass is 32.1. The highest BCUT2D eigenvalue weighted by Crippen LogP contribution is 2.22. The van der Waals surface area contributed by atoms with Crippen LogP contribution in [0, 0.1) is 0 Å². The third-order valence-corrected chi connectivity index (χ3v) is 5.11. The summed E-state index contributed by atoms with van der Waals surface area (Å²) in [6, 6.07) is 8.77. The van der Waals surface area contributed by atoms with Gasteiger partial charge in [-0.25, -0.2) is 0 Å². The molecule has 1 fully saturated rings. The van der Waals surface area contributed by atoms with Crippen molar-refractivity contribution in [1.82, 2.24) is 0 Å². The maximum Gasteiger partial charge on any atom is 0.280 e. The zero-order chi connectivity index (χ0) is 17.8. The van der Waals surface area contributed by atoms with Crippen molar-refractivity contribution < 1.29 is 19.6 Å². The van der Waals surface area contributed by atoms with E-state index < -0.39 is 5.91 Å². The second-order valence-corrected chi connectivity index (χ2v) is 6.92. The molecule has 5 N–H and O–H groups in total. The minimum absolute atomic E-state index is 0.113. The van der Waals surface area contributed by atoms with Gasteiger partial charge < -0.3 is 26.0 Å². The molecule has 0 bridgehead atoms. The Kier molecular flexibility index (Phi) is 5.20. The molecule has 2 heterocycles. The first-order valence-electron chi connectivity index (χ1n) is 8.07. The number of carbonyl (C=O) groups excluding carboxylic acids is 2. The third-order valence-electron chi connectivity index (χ3n) is 4.28. The lowest BCUT2D eigenvalue weighted by Crippen LogP contribution is -3.15. The summed E-state index contributed by atoms with van der Waals surface area (Å²) in [5, 5.41) is 14.4. The molecule has 0 radical (unpaired) electrons. The third kappa shape index (κ3) is 4.28. The van der Waals surface area contributed by atoms with Crippen molar-refractivity contribution in [1.29, 1.82) is 0 Å². The molecule has 0 aliphatic carbocycles. The van der Waals surface area contributed by atoms with Gasteiger partial charge >= 0.3 is 0 Å². The molecule has 1 saturated heterocycles. The van der Waals surface area contributed by atoms with Crippen LogP contribution < -0.4 is 20.9 Å². The average Bonchev–Trinajstić information content (AvgIpc) is 3.04. The number of nitrogens with one attached hydrogen (secondary N) is 2. The van der Waals surface area contributed by atoms with Crippen LogP contribution in [0.15, 0.2) is 35.7 Å². The summed E-state index contributed by atoms with van der Waals surface area (Å²) in [4.78, 5) is 27.0. The number of hydrogen-bond acceptors (Lipinski definition) is 5. The van der Waals surface area contributed by atoms with E-state index >= 15 is 0 Å². The smallest absolute Gasteiger partial charge is 0.280 e. The number of anilines is 2. The summed E-state index contributed by atoms with van der Waals surface area (Å²) >= 11 is 1.30. The van der Waals surface area contributed by atoms with Crippen molar-refractivity contribution in [2.45, 2.75) is 0 Å². The Hall–Kier alpha value is -2.58. The van der Waals surface area contributed by atoms with Gasteiger partial charge in [-0.15, -0.1) is 11.3 Å². The summed E-state index contributed by atoms with van der Waals surface area (Å²) in [5.74, 6) is -0.391. The predicted molar refractivity (Wildman–Crippen MR) is 97.4 cm³/mol. The molecule has 0 unspecified atom stereocenters. The number of amides is 2. The number of rotatable bonds is 5. The van der Waals surface area contributed by atoms with Crippen LogP contribution in [0.3, 0.4) is 0 Å². The van der Waals surface area contributed by atoms with Gasteiger partial charge in [-0.05, 0) is 35.7 Å². The van der Waals surface area contributed by atoms with Gasteiger partial charge in [-0.2, -0.15) is 0 Å². The molecule has 2 aromatic rings. The summed E-state index contributed by atoms with van der Waals surface area (Å²) in [6.45, 7) is 3.75. The van der Waals surface area contributed by atoms with E-state index in [0.717, 1.165) is 31.9 Å². The Labute approximate surface area is 149 Å². The molecule has 0 saturated carbocycles. The molecule has 1 aliphatic heterocycles. The molecule has 25 heavy (non-hydrogen) atoms. The molecule has 1 aromatic heterocycles. The zero-order valence-electron chi connectivity index (χ0n) is 13.7. The Balaban J connectivity index is 1.50. The average molecular weight is 361 g/mol. The fourth-order valence-electron chi connectivity index (χ4n) is 2.92. The number of benzene rings is 1. The number of phenols is 1. The van der Waals surface area contributed by atoms with Crippen LogP contribution in [0.4, 0.5) is 10.7 Å². The summed E-state index contributed by atoms with van der Waals surface area (Å²) in [5.41, 5.74) is 6.72. The molecule has 8 heteroatoms. The van der Waals surface area contributed by atoms with Gasteiger partial charge in [-0.1, -0.05) is 0 Å². The SMILES string of the molecule is NC(=O)c1ccsc1NC(=O)C[NH+]1CCN(c2ccc(O)cc2)CC1. The quantitative estimate of drug-likeness (QED) is 0.597. The lowest BCUT2D eigenvalue weighted by atomic mass is 10.2. The molecule has 3 rings (SSSR count). The van der Waals surface area contributed by atoms with Crippen LogP contribution in [-0.2, 0) is 4.79 Å². The zero-order valence-corrected chi connectivity index (χ0v) is 14.5. The van der Waals surface area contributed by atoms with E-state index in [-0.39, 0.29) is 11.7 Å². The van der Waals surface area contributed by atoms with E-state index in [4.69, 9.17) is 5.73 Å². The van der Waals surface area contributed by atoms with Gasteiger partial charge in [0.2, 0.25) is 0 Å². The monoisotopic (exact) mass is 361 g/mol. The van der Waals surface area contributed by atoms with Crippen molar-refractivity contribution in [3.05, 3.63) is 41.3 Å². The standard InChI is InChI=1S/C17H20N4O3S/c18-16(24)14-5-10-25-17(14)19-15(23)11-20-6-8-21(9-7-20)12-1-3-13(22)4-2-12/h1-5,10,22H,6-9,11H2,(H2,18,24)(H,19,23)/p+1. The lowest BCUT2D eigenvalue weighted by Gasteiger charge is -2.33. The molecule has 132 valence electrons. The molecule has 7 nitrogen and oxygen atoms in total. The number of phenolic OH excluding ortho intramolecular Hbond substituents is 1. The molecule has 2 amide bonds. The Morgan fingerprint density at radius 3 is 2.52 bits per heavy atom. The van der Waals surface area contributed by atoms with Crippen molar-refractivity contribution in [2.75, 3.05) is 42.9 Å². The minimum atomic E-state index is -0.536. The second kappa shape index (κ2) is 7.54. The predicted octanol–water partition coefficient (Wildman–Crippen LogP) is -0.104.